The van der Waals surface area contributed by atoms with Gasteiger partial charge in [0.15, 0.2) is 0 Å². The number of fused-ring (bicyclic) bond motifs is 1. The number of halogens is 3. The van der Waals surface area contributed by atoms with Crippen molar-refractivity contribution in [3.8, 4) is 5.75 Å². The van der Waals surface area contributed by atoms with Crippen molar-refractivity contribution in [2.24, 2.45) is 0 Å². The van der Waals surface area contributed by atoms with E-state index in [1.54, 1.807) is 19.1 Å². The van der Waals surface area contributed by atoms with Gasteiger partial charge in [-0.15, -0.1) is 0 Å². The van der Waals surface area contributed by atoms with Crippen molar-refractivity contribution >= 4 is 17.5 Å². The molecule has 0 N–H and O–H groups in total. The Bertz CT molecular complexity index is 984. The average Bonchev–Trinajstić information content (AvgIpc) is 2.88. The molecule has 0 fully saturated rings. The molecule has 5 nitrogen and oxygen atoms in total. The summed E-state index contributed by atoms with van der Waals surface area (Å²) in [5.74, 6) is -1.10. The van der Waals surface area contributed by atoms with Crippen molar-refractivity contribution in [1.29, 1.82) is 0 Å². The predicted octanol–water partition coefficient (Wildman–Crippen LogP) is 4.06. The molecule has 0 radical (unpaired) electrons. The summed E-state index contributed by atoms with van der Waals surface area (Å²) in [6.45, 7) is 3.90. The molecule has 3 rings (SSSR count). The van der Waals surface area contributed by atoms with E-state index in [1.165, 1.54) is 19.1 Å². The maximum absolute atomic E-state index is 13.3. The predicted molar refractivity (Wildman–Crippen MR) is 103 cm³/mol. The summed E-state index contributed by atoms with van der Waals surface area (Å²) in [6, 6.07) is 6.69. The monoisotopic (exact) mass is 406 g/mol. The van der Waals surface area contributed by atoms with E-state index in [0.717, 1.165) is 11.0 Å². The molecule has 2 aromatic carbocycles. The lowest BCUT2D eigenvalue weighted by Gasteiger charge is -2.18. The van der Waals surface area contributed by atoms with Crippen LogP contribution in [-0.4, -0.2) is 44.0 Å². The van der Waals surface area contributed by atoms with Crippen LogP contribution < -0.4 is 9.64 Å². The molecule has 0 spiro atoms. The van der Waals surface area contributed by atoms with E-state index in [-0.39, 0.29) is 28.1 Å². The number of amides is 2. The van der Waals surface area contributed by atoms with Crippen LogP contribution in [-0.2, 0) is 6.18 Å². The molecule has 0 saturated heterocycles. The molecular weight excluding hydrogens is 385 g/mol. The summed E-state index contributed by atoms with van der Waals surface area (Å²) in [6.07, 6.45) is -4.59. The van der Waals surface area contributed by atoms with Crippen LogP contribution in [0.5, 0.6) is 5.75 Å². The highest BCUT2D eigenvalue weighted by Crippen LogP contribution is 2.39. The number of ether oxygens (including phenoxy) is 1. The van der Waals surface area contributed by atoms with Crippen molar-refractivity contribution in [1.82, 2.24) is 4.90 Å². The van der Waals surface area contributed by atoms with Crippen LogP contribution in [0.3, 0.4) is 0 Å². The summed E-state index contributed by atoms with van der Waals surface area (Å²) < 4.78 is 45.6. The van der Waals surface area contributed by atoms with Gasteiger partial charge in [0.05, 0.1) is 22.4 Å². The van der Waals surface area contributed by atoms with E-state index in [0.29, 0.717) is 18.7 Å². The molecule has 0 atom stereocenters. The molecular formula is C21H21F3N2O3. The molecule has 0 aliphatic carbocycles. The topological polar surface area (TPSA) is 49.9 Å². The van der Waals surface area contributed by atoms with E-state index in [1.807, 2.05) is 19.0 Å². The molecule has 1 heterocycles. The van der Waals surface area contributed by atoms with Crippen molar-refractivity contribution in [2.75, 3.05) is 32.1 Å². The van der Waals surface area contributed by atoms with E-state index in [2.05, 4.69) is 0 Å². The summed E-state index contributed by atoms with van der Waals surface area (Å²) in [5.41, 5.74) is -0.182. The molecule has 2 aromatic rings. The minimum Gasteiger partial charge on any atom is -0.491 e. The molecule has 29 heavy (non-hydrogen) atoms. The van der Waals surface area contributed by atoms with E-state index in [9.17, 15) is 22.8 Å². The Kier molecular flexibility index (Phi) is 5.40. The van der Waals surface area contributed by atoms with Crippen LogP contribution in [0.25, 0.3) is 0 Å². The normalized spacial score (nSPS) is 14.0. The molecule has 1 aliphatic rings. The number of likely N-dealkylation sites (N-methyl/N-ethyl adjacent to an activating group) is 1. The maximum atomic E-state index is 13.3. The van der Waals surface area contributed by atoms with Gasteiger partial charge in [0.2, 0.25) is 0 Å². The lowest BCUT2D eigenvalue weighted by Crippen LogP contribution is -2.30. The standard InChI is InChI=1S/C21H21F3N2O3/c1-12-5-7-14(11-15(12)21(22,23)24)26-19(27)17-13(2)6-8-16(18(17)20(26)28)29-10-9-25(3)4/h5-8,11H,9-10H2,1-4H3. The molecule has 154 valence electrons. The highest BCUT2D eigenvalue weighted by atomic mass is 19.4. The van der Waals surface area contributed by atoms with Crippen LogP contribution in [0.15, 0.2) is 30.3 Å². The van der Waals surface area contributed by atoms with Crippen LogP contribution in [0.2, 0.25) is 0 Å². The van der Waals surface area contributed by atoms with Gasteiger partial charge >= 0.3 is 6.18 Å². The van der Waals surface area contributed by atoms with E-state index < -0.39 is 23.6 Å². The fraction of sp³-hybridized carbons (Fsp3) is 0.333. The zero-order valence-corrected chi connectivity index (χ0v) is 16.6. The number of carbonyl (C=O) groups is 2. The second-order valence-electron chi connectivity index (χ2n) is 7.23. The van der Waals surface area contributed by atoms with Crippen molar-refractivity contribution in [3.05, 3.63) is 58.1 Å². The van der Waals surface area contributed by atoms with Gasteiger partial charge in [-0.2, -0.15) is 13.2 Å². The largest absolute Gasteiger partial charge is 0.491 e. The van der Waals surface area contributed by atoms with Gasteiger partial charge in [-0.3, -0.25) is 9.59 Å². The number of hydrogen-bond donors (Lipinski definition) is 0. The maximum Gasteiger partial charge on any atom is 0.416 e. The molecule has 0 saturated carbocycles. The average molecular weight is 406 g/mol. The summed E-state index contributed by atoms with van der Waals surface area (Å²) in [5, 5.41) is 0. The molecule has 8 heteroatoms. The highest BCUT2D eigenvalue weighted by Gasteiger charge is 2.41. The number of nitrogens with zero attached hydrogens (tertiary/aromatic N) is 2. The van der Waals surface area contributed by atoms with Gasteiger partial charge in [-0.1, -0.05) is 12.1 Å². The number of aryl methyl sites for hydroxylation is 2. The number of anilines is 1. The number of alkyl halides is 3. The highest BCUT2D eigenvalue weighted by molar-refractivity contribution is 6.35. The van der Waals surface area contributed by atoms with Gasteiger partial charge in [0, 0.05) is 6.54 Å². The van der Waals surface area contributed by atoms with Crippen molar-refractivity contribution in [2.45, 2.75) is 20.0 Å². The van der Waals surface area contributed by atoms with E-state index in [4.69, 9.17) is 4.74 Å². The Morgan fingerprint density at radius 1 is 0.966 bits per heavy atom. The van der Waals surface area contributed by atoms with Gasteiger partial charge < -0.3 is 9.64 Å². The molecule has 0 bridgehead atoms. The zero-order chi connectivity index (χ0) is 21.5. The van der Waals surface area contributed by atoms with Crippen molar-refractivity contribution in [3.63, 3.8) is 0 Å². The third-order valence-electron chi connectivity index (χ3n) is 4.79. The first-order valence-corrected chi connectivity index (χ1v) is 9.00. The van der Waals surface area contributed by atoms with Crippen LogP contribution in [0.1, 0.15) is 37.4 Å². The number of benzene rings is 2. The Labute approximate surface area is 166 Å². The van der Waals surface area contributed by atoms with Crippen LogP contribution in [0.4, 0.5) is 18.9 Å². The molecule has 2 amide bonds. The Balaban J connectivity index is 2.03. The zero-order valence-electron chi connectivity index (χ0n) is 16.6. The minimum absolute atomic E-state index is 0.0155. The molecule has 0 aromatic heterocycles. The summed E-state index contributed by atoms with van der Waals surface area (Å²) in [4.78, 5) is 28.7. The number of carbonyl (C=O) groups excluding carboxylic acids is 2. The fourth-order valence-electron chi connectivity index (χ4n) is 3.24. The lowest BCUT2D eigenvalue weighted by atomic mass is 10.0. The first-order valence-electron chi connectivity index (χ1n) is 9.00. The lowest BCUT2D eigenvalue weighted by molar-refractivity contribution is -0.138. The smallest absolute Gasteiger partial charge is 0.416 e. The number of imide groups is 1. The Morgan fingerprint density at radius 3 is 2.21 bits per heavy atom. The third kappa shape index (κ3) is 3.85. The first-order chi connectivity index (χ1) is 13.5. The number of hydrogen-bond acceptors (Lipinski definition) is 4. The Morgan fingerprint density at radius 2 is 1.59 bits per heavy atom. The van der Waals surface area contributed by atoms with Gasteiger partial charge in [0.1, 0.15) is 12.4 Å². The third-order valence-corrected chi connectivity index (χ3v) is 4.79. The minimum atomic E-state index is -4.59. The summed E-state index contributed by atoms with van der Waals surface area (Å²) in [7, 11) is 3.74. The first kappa shape index (κ1) is 20.9. The second-order valence-corrected chi connectivity index (χ2v) is 7.23. The van der Waals surface area contributed by atoms with E-state index >= 15 is 0 Å². The SMILES string of the molecule is Cc1ccc(N2C(=O)c3c(C)ccc(OCCN(C)C)c3C2=O)cc1C(F)(F)F. The van der Waals surface area contributed by atoms with Gasteiger partial charge in [-0.25, -0.2) is 4.90 Å². The van der Waals surface area contributed by atoms with Crippen molar-refractivity contribution < 1.29 is 27.5 Å². The summed E-state index contributed by atoms with van der Waals surface area (Å²) >= 11 is 0. The van der Waals surface area contributed by atoms with Gasteiger partial charge in [0.25, 0.3) is 11.8 Å². The van der Waals surface area contributed by atoms with Gasteiger partial charge in [-0.05, 0) is 57.3 Å². The Hall–Kier alpha value is -2.87. The fourth-order valence-corrected chi connectivity index (χ4v) is 3.24. The number of rotatable bonds is 5. The van der Waals surface area contributed by atoms with Crippen LogP contribution >= 0.6 is 0 Å². The molecule has 1 aliphatic heterocycles. The van der Waals surface area contributed by atoms with Crippen LogP contribution in [0, 0.1) is 13.8 Å². The molecule has 0 unspecified atom stereocenters. The quantitative estimate of drug-likeness (QED) is 0.703. The second kappa shape index (κ2) is 7.51.